The van der Waals surface area contributed by atoms with Crippen molar-refractivity contribution in [3.63, 3.8) is 0 Å². The Morgan fingerprint density at radius 3 is 2.96 bits per heavy atom. The molecule has 2 aromatic rings. The lowest BCUT2D eigenvalue weighted by Crippen LogP contribution is -2.14. The van der Waals surface area contributed by atoms with E-state index in [1.165, 1.54) is 37.0 Å². The van der Waals surface area contributed by atoms with E-state index in [1.54, 1.807) is 0 Å². The monoisotopic (exact) mass is 330 g/mol. The van der Waals surface area contributed by atoms with Crippen molar-refractivity contribution in [3.8, 4) is 22.8 Å². The lowest BCUT2D eigenvalue weighted by molar-refractivity contribution is -0.117. The molecule has 1 aliphatic carbocycles. The normalized spacial score (nSPS) is 16.7. The van der Waals surface area contributed by atoms with Crippen molar-refractivity contribution in [1.82, 2.24) is 4.98 Å². The van der Waals surface area contributed by atoms with Crippen LogP contribution >= 0.6 is 11.3 Å². The molecular formula is C17H18N2O3S. The van der Waals surface area contributed by atoms with Crippen LogP contribution in [0.4, 0.5) is 5.13 Å². The van der Waals surface area contributed by atoms with Gasteiger partial charge >= 0.3 is 0 Å². The fraction of sp³-hybridized carbons (Fsp3) is 0.412. The van der Waals surface area contributed by atoms with E-state index in [1.807, 2.05) is 23.6 Å². The number of benzene rings is 1. The first-order valence-corrected chi connectivity index (χ1v) is 8.81. The molecule has 0 saturated heterocycles. The number of carbonyl (C=O) groups excluding carboxylic acids is 1. The second-order valence-corrected chi connectivity index (χ2v) is 6.87. The minimum atomic E-state index is 0.0727. The highest BCUT2D eigenvalue weighted by Crippen LogP contribution is 2.36. The molecule has 4 rings (SSSR count). The first-order valence-electron chi connectivity index (χ1n) is 7.93. The number of thiazole rings is 1. The predicted octanol–water partition coefficient (Wildman–Crippen LogP) is 4.06. The number of ether oxygens (including phenoxy) is 2. The van der Waals surface area contributed by atoms with Gasteiger partial charge in [-0.2, -0.15) is 0 Å². The largest absolute Gasteiger partial charge is 0.454 e. The maximum Gasteiger partial charge on any atom is 0.231 e. The van der Waals surface area contributed by atoms with E-state index in [9.17, 15) is 4.79 Å². The molecule has 0 spiro atoms. The molecule has 1 saturated carbocycles. The number of aromatic nitrogens is 1. The summed E-state index contributed by atoms with van der Waals surface area (Å²) in [4.78, 5) is 16.6. The Hall–Kier alpha value is -2.08. The first-order chi connectivity index (χ1) is 11.3. The molecule has 1 aromatic heterocycles. The van der Waals surface area contributed by atoms with Gasteiger partial charge in [0.15, 0.2) is 16.6 Å². The molecular weight excluding hydrogens is 312 g/mol. The van der Waals surface area contributed by atoms with Crippen molar-refractivity contribution in [3.05, 3.63) is 23.6 Å². The van der Waals surface area contributed by atoms with Gasteiger partial charge in [0.25, 0.3) is 0 Å². The van der Waals surface area contributed by atoms with Crippen molar-refractivity contribution >= 4 is 22.4 Å². The van der Waals surface area contributed by atoms with Crippen molar-refractivity contribution in [2.24, 2.45) is 5.92 Å². The van der Waals surface area contributed by atoms with Crippen LogP contribution in [0.25, 0.3) is 11.3 Å². The van der Waals surface area contributed by atoms with Gasteiger partial charge in [-0.3, -0.25) is 4.79 Å². The summed E-state index contributed by atoms with van der Waals surface area (Å²) >= 11 is 1.45. The Kier molecular flexibility index (Phi) is 3.91. The number of amides is 1. The molecule has 5 nitrogen and oxygen atoms in total. The van der Waals surface area contributed by atoms with E-state index in [0.29, 0.717) is 17.5 Å². The molecule has 120 valence electrons. The Balaban J connectivity index is 1.43. The smallest absolute Gasteiger partial charge is 0.231 e. The molecule has 1 aliphatic heterocycles. The van der Waals surface area contributed by atoms with Crippen molar-refractivity contribution in [1.29, 1.82) is 0 Å². The van der Waals surface area contributed by atoms with Crippen LogP contribution in [-0.2, 0) is 4.79 Å². The van der Waals surface area contributed by atoms with Crippen molar-refractivity contribution in [2.45, 2.75) is 32.1 Å². The minimum Gasteiger partial charge on any atom is -0.454 e. The summed E-state index contributed by atoms with van der Waals surface area (Å²) in [6, 6.07) is 5.75. The van der Waals surface area contributed by atoms with Crippen LogP contribution in [0, 0.1) is 5.92 Å². The average molecular weight is 330 g/mol. The van der Waals surface area contributed by atoms with Crippen LogP contribution in [0.5, 0.6) is 11.5 Å². The Bertz CT molecular complexity index is 722. The average Bonchev–Trinajstić information content (AvgIpc) is 3.27. The highest BCUT2D eigenvalue weighted by Gasteiger charge is 2.19. The van der Waals surface area contributed by atoms with E-state index >= 15 is 0 Å². The molecule has 2 heterocycles. The molecule has 0 bridgehead atoms. The van der Waals surface area contributed by atoms with Crippen molar-refractivity contribution in [2.75, 3.05) is 12.1 Å². The van der Waals surface area contributed by atoms with Gasteiger partial charge in [-0.15, -0.1) is 11.3 Å². The van der Waals surface area contributed by atoms with E-state index in [4.69, 9.17) is 9.47 Å². The van der Waals surface area contributed by atoms with Crippen LogP contribution in [0.3, 0.4) is 0 Å². The second-order valence-electron chi connectivity index (χ2n) is 6.01. The number of nitrogens with one attached hydrogen (secondary N) is 1. The van der Waals surface area contributed by atoms with Gasteiger partial charge in [-0.05, 0) is 37.0 Å². The molecule has 0 unspecified atom stereocenters. The van der Waals surface area contributed by atoms with Crippen LogP contribution in [0.1, 0.15) is 32.1 Å². The second kappa shape index (κ2) is 6.20. The highest BCUT2D eigenvalue weighted by atomic mass is 32.1. The standard InChI is InChI=1S/C17H18N2O3S/c20-16(7-11-3-1-2-4-11)19-17-18-13(9-23-17)12-5-6-14-15(8-12)22-10-21-14/h5-6,8-9,11H,1-4,7,10H2,(H,18,19,20). The topological polar surface area (TPSA) is 60.5 Å². The van der Waals surface area contributed by atoms with E-state index in [0.717, 1.165) is 22.8 Å². The molecule has 6 heteroatoms. The van der Waals surface area contributed by atoms with Crippen LogP contribution in [0.15, 0.2) is 23.6 Å². The van der Waals surface area contributed by atoms with E-state index in [-0.39, 0.29) is 12.7 Å². The fourth-order valence-electron chi connectivity index (χ4n) is 3.17. The van der Waals surface area contributed by atoms with Gasteiger partial charge in [0.1, 0.15) is 0 Å². The summed E-state index contributed by atoms with van der Waals surface area (Å²) in [6.45, 7) is 0.262. The molecule has 1 amide bonds. The number of rotatable bonds is 4. The Morgan fingerprint density at radius 1 is 1.26 bits per heavy atom. The molecule has 0 atom stereocenters. The summed E-state index contributed by atoms with van der Waals surface area (Å²) < 4.78 is 10.7. The quantitative estimate of drug-likeness (QED) is 0.918. The Morgan fingerprint density at radius 2 is 2.09 bits per heavy atom. The van der Waals surface area contributed by atoms with Gasteiger partial charge in [0, 0.05) is 17.4 Å². The van der Waals surface area contributed by atoms with Crippen LogP contribution < -0.4 is 14.8 Å². The maximum absolute atomic E-state index is 12.1. The molecule has 23 heavy (non-hydrogen) atoms. The maximum atomic E-state index is 12.1. The third-order valence-electron chi connectivity index (χ3n) is 4.37. The van der Waals surface area contributed by atoms with Gasteiger partial charge in [-0.1, -0.05) is 12.8 Å². The lowest BCUT2D eigenvalue weighted by Gasteiger charge is -2.07. The van der Waals surface area contributed by atoms with Crippen LogP contribution in [0.2, 0.25) is 0 Å². The number of anilines is 1. The number of hydrogen-bond acceptors (Lipinski definition) is 5. The number of nitrogens with zero attached hydrogens (tertiary/aromatic N) is 1. The minimum absolute atomic E-state index is 0.0727. The predicted molar refractivity (Wildman–Crippen MR) is 88.9 cm³/mol. The zero-order chi connectivity index (χ0) is 15.6. The van der Waals surface area contributed by atoms with Crippen LogP contribution in [-0.4, -0.2) is 17.7 Å². The zero-order valence-electron chi connectivity index (χ0n) is 12.7. The number of carbonyl (C=O) groups is 1. The van der Waals surface area contributed by atoms with Gasteiger partial charge in [-0.25, -0.2) is 4.98 Å². The number of hydrogen-bond donors (Lipinski definition) is 1. The fourth-order valence-corrected chi connectivity index (χ4v) is 3.90. The first kappa shape index (κ1) is 14.5. The van der Waals surface area contributed by atoms with Crippen molar-refractivity contribution < 1.29 is 14.3 Å². The number of fused-ring (bicyclic) bond motifs is 1. The summed E-state index contributed by atoms with van der Waals surface area (Å²) in [5.41, 5.74) is 1.80. The third-order valence-corrected chi connectivity index (χ3v) is 5.13. The van der Waals surface area contributed by atoms with Gasteiger partial charge < -0.3 is 14.8 Å². The van der Waals surface area contributed by atoms with Gasteiger partial charge in [0.05, 0.1) is 5.69 Å². The van der Waals surface area contributed by atoms with Gasteiger partial charge in [0.2, 0.25) is 12.7 Å². The summed E-state index contributed by atoms with van der Waals surface area (Å²) in [5, 5.41) is 5.52. The summed E-state index contributed by atoms with van der Waals surface area (Å²) in [6.07, 6.45) is 5.47. The summed E-state index contributed by atoms with van der Waals surface area (Å²) in [7, 11) is 0. The summed E-state index contributed by atoms with van der Waals surface area (Å²) in [5.74, 6) is 2.11. The van der Waals surface area contributed by atoms with E-state index < -0.39 is 0 Å². The SMILES string of the molecule is O=C(CC1CCCC1)Nc1nc(-c2ccc3c(c2)OCO3)cs1. The molecule has 1 N–H and O–H groups in total. The Labute approximate surface area is 138 Å². The molecule has 0 radical (unpaired) electrons. The molecule has 1 aromatic carbocycles. The van der Waals surface area contributed by atoms with E-state index in [2.05, 4.69) is 10.3 Å². The highest BCUT2D eigenvalue weighted by molar-refractivity contribution is 7.14. The molecule has 1 fully saturated rings. The lowest BCUT2D eigenvalue weighted by atomic mass is 10.0. The molecule has 2 aliphatic rings. The zero-order valence-corrected chi connectivity index (χ0v) is 13.5. The third kappa shape index (κ3) is 3.17.